The predicted molar refractivity (Wildman–Crippen MR) is 84.0 cm³/mol. The first kappa shape index (κ1) is 18.0. The number of carboxylic acids is 1. The van der Waals surface area contributed by atoms with Crippen LogP contribution in [0.15, 0.2) is 0 Å². The summed E-state index contributed by atoms with van der Waals surface area (Å²) < 4.78 is 0. The molecule has 1 aliphatic carbocycles. The van der Waals surface area contributed by atoms with E-state index < -0.39 is 11.9 Å². The van der Waals surface area contributed by atoms with Gasteiger partial charge in [-0.3, -0.25) is 9.59 Å². The maximum Gasteiger partial charge on any atom is 0.307 e. The lowest BCUT2D eigenvalue weighted by Gasteiger charge is -2.30. The van der Waals surface area contributed by atoms with Crippen molar-refractivity contribution in [1.29, 1.82) is 0 Å². The molecule has 1 aliphatic rings. The molecular weight excluding hydrogens is 266 g/mol. The Hall–Kier alpha value is -1.06. The highest BCUT2D eigenvalue weighted by molar-refractivity contribution is 5.85. The molecule has 1 fully saturated rings. The number of carbonyl (C=O) groups is 2. The minimum absolute atomic E-state index is 0.0597. The van der Waals surface area contributed by atoms with Crippen LogP contribution in [-0.2, 0) is 9.59 Å². The minimum atomic E-state index is -0.804. The summed E-state index contributed by atoms with van der Waals surface area (Å²) in [5.41, 5.74) is 0. The van der Waals surface area contributed by atoms with E-state index in [1.165, 1.54) is 0 Å². The molecule has 1 amide bonds. The number of carboxylic acid groups (broad SMARTS) is 1. The molecule has 4 heteroatoms. The molecule has 21 heavy (non-hydrogen) atoms. The number of hydrogen-bond acceptors (Lipinski definition) is 2. The highest BCUT2D eigenvalue weighted by atomic mass is 16.4. The highest BCUT2D eigenvalue weighted by Gasteiger charge is 2.43. The van der Waals surface area contributed by atoms with Crippen molar-refractivity contribution in [3.05, 3.63) is 0 Å². The molecule has 3 atom stereocenters. The Balaban J connectivity index is 2.78. The zero-order valence-electron chi connectivity index (χ0n) is 14.0. The van der Waals surface area contributed by atoms with Gasteiger partial charge in [0.1, 0.15) is 0 Å². The smallest absolute Gasteiger partial charge is 0.307 e. The quantitative estimate of drug-likeness (QED) is 0.697. The van der Waals surface area contributed by atoms with E-state index in [9.17, 15) is 14.7 Å². The van der Waals surface area contributed by atoms with Gasteiger partial charge in [0.05, 0.1) is 11.8 Å². The topological polar surface area (TPSA) is 57.6 Å². The molecular formula is C17H31NO3. The van der Waals surface area contributed by atoms with E-state index in [0.717, 1.165) is 38.6 Å². The van der Waals surface area contributed by atoms with Crippen molar-refractivity contribution in [2.45, 2.75) is 72.3 Å². The fourth-order valence-corrected chi connectivity index (χ4v) is 3.39. The van der Waals surface area contributed by atoms with Gasteiger partial charge in [-0.05, 0) is 39.0 Å². The number of amides is 1. The first-order chi connectivity index (χ1) is 9.92. The van der Waals surface area contributed by atoms with E-state index in [2.05, 4.69) is 13.8 Å². The molecule has 0 aromatic carbocycles. The largest absolute Gasteiger partial charge is 0.481 e. The number of aliphatic carboxylic acids is 1. The Kier molecular flexibility index (Phi) is 7.20. The van der Waals surface area contributed by atoms with Gasteiger partial charge >= 0.3 is 5.97 Å². The van der Waals surface area contributed by atoms with Crippen LogP contribution in [0.25, 0.3) is 0 Å². The summed E-state index contributed by atoms with van der Waals surface area (Å²) in [4.78, 5) is 26.2. The van der Waals surface area contributed by atoms with E-state index in [-0.39, 0.29) is 17.9 Å². The zero-order chi connectivity index (χ0) is 16.0. The summed E-state index contributed by atoms with van der Waals surface area (Å²) in [5, 5.41) is 9.41. The van der Waals surface area contributed by atoms with Crippen LogP contribution in [0.1, 0.15) is 66.2 Å². The molecule has 1 saturated carbocycles. The van der Waals surface area contributed by atoms with Crippen LogP contribution in [0, 0.1) is 17.8 Å². The molecule has 0 aliphatic heterocycles. The summed E-state index contributed by atoms with van der Waals surface area (Å²) in [6.07, 6.45) is 5.60. The van der Waals surface area contributed by atoms with Gasteiger partial charge in [0, 0.05) is 12.6 Å². The average Bonchev–Trinajstić information content (AvgIpc) is 2.87. The lowest BCUT2D eigenvalue weighted by molar-refractivity contribution is -0.149. The Morgan fingerprint density at radius 1 is 1.14 bits per heavy atom. The van der Waals surface area contributed by atoms with Crippen LogP contribution in [0.4, 0.5) is 0 Å². The van der Waals surface area contributed by atoms with Crippen LogP contribution in [-0.4, -0.2) is 34.5 Å². The second-order valence-electron chi connectivity index (χ2n) is 6.63. The van der Waals surface area contributed by atoms with Crippen molar-refractivity contribution >= 4 is 11.9 Å². The second-order valence-corrected chi connectivity index (χ2v) is 6.63. The normalized spacial score (nSPS) is 25.3. The van der Waals surface area contributed by atoms with Gasteiger partial charge in [-0.1, -0.05) is 33.1 Å². The molecule has 1 N–H and O–H groups in total. The van der Waals surface area contributed by atoms with Crippen molar-refractivity contribution < 1.29 is 14.7 Å². The Bertz CT molecular complexity index is 354. The lowest BCUT2D eigenvalue weighted by Crippen LogP contribution is -2.43. The number of nitrogens with zero attached hydrogens (tertiary/aromatic N) is 1. The number of carbonyl (C=O) groups excluding carboxylic acids is 1. The molecule has 0 bridgehead atoms. The van der Waals surface area contributed by atoms with Gasteiger partial charge in [0.15, 0.2) is 0 Å². The maximum atomic E-state index is 12.8. The molecule has 0 aromatic heterocycles. The summed E-state index contributed by atoms with van der Waals surface area (Å²) in [5.74, 6) is -1.18. The number of unbranched alkanes of at least 4 members (excludes halogenated alkanes) is 2. The molecule has 122 valence electrons. The van der Waals surface area contributed by atoms with Gasteiger partial charge in [0.2, 0.25) is 5.91 Å². The summed E-state index contributed by atoms with van der Waals surface area (Å²) in [6, 6.07) is 0.143. The minimum Gasteiger partial charge on any atom is -0.481 e. The first-order valence-electron chi connectivity index (χ1n) is 8.45. The van der Waals surface area contributed by atoms with Crippen LogP contribution in [0.2, 0.25) is 0 Å². The summed E-state index contributed by atoms with van der Waals surface area (Å²) >= 11 is 0. The van der Waals surface area contributed by atoms with Crippen LogP contribution in [0.3, 0.4) is 0 Å². The third kappa shape index (κ3) is 4.72. The Labute approximate surface area is 128 Å². The molecule has 3 unspecified atom stereocenters. The number of rotatable bonds is 8. The summed E-state index contributed by atoms with van der Waals surface area (Å²) in [6.45, 7) is 9.02. The van der Waals surface area contributed by atoms with Gasteiger partial charge in [-0.25, -0.2) is 0 Å². The molecule has 0 spiro atoms. The van der Waals surface area contributed by atoms with E-state index in [1.807, 2.05) is 18.7 Å². The fraction of sp³-hybridized carbons (Fsp3) is 0.882. The average molecular weight is 297 g/mol. The van der Waals surface area contributed by atoms with Crippen molar-refractivity contribution in [2.24, 2.45) is 17.8 Å². The zero-order valence-corrected chi connectivity index (χ0v) is 14.0. The monoisotopic (exact) mass is 297 g/mol. The van der Waals surface area contributed by atoms with E-state index in [4.69, 9.17) is 0 Å². The van der Waals surface area contributed by atoms with Crippen molar-refractivity contribution in [3.8, 4) is 0 Å². The molecule has 0 aromatic rings. The lowest BCUT2D eigenvalue weighted by atomic mass is 9.94. The van der Waals surface area contributed by atoms with Gasteiger partial charge < -0.3 is 10.0 Å². The Morgan fingerprint density at radius 2 is 1.76 bits per heavy atom. The van der Waals surface area contributed by atoms with Gasteiger partial charge in [-0.2, -0.15) is 0 Å². The van der Waals surface area contributed by atoms with Crippen LogP contribution < -0.4 is 0 Å². The van der Waals surface area contributed by atoms with E-state index >= 15 is 0 Å². The third-order valence-corrected chi connectivity index (χ3v) is 4.78. The Morgan fingerprint density at radius 3 is 2.24 bits per heavy atom. The van der Waals surface area contributed by atoms with Crippen molar-refractivity contribution in [3.63, 3.8) is 0 Å². The molecule has 4 nitrogen and oxygen atoms in total. The molecule has 0 heterocycles. The van der Waals surface area contributed by atoms with Gasteiger partial charge in [-0.15, -0.1) is 0 Å². The van der Waals surface area contributed by atoms with E-state index in [1.54, 1.807) is 0 Å². The first-order valence-corrected chi connectivity index (χ1v) is 8.45. The van der Waals surface area contributed by atoms with Crippen LogP contribution in [0.5, 0.6) is 0 Å². The second kappa shape index (κ2) is 8.40. The highest BCUT2D eigenvalue weighted by Crippen LogP contribution is 2.39. The standard InChI is InChI=1S/C17H31NO3/c1-5-7-8-9-18(12(3)4)16(19)14-10-13(6-2)11-15(14)17(20)21/h12-15H,5-11H2,1-4H3,(H,20,21). The van der Waals surface area contributed by atoms with Crippen molar-refractivity contribution in [1.82, 2.24) is 4.90 Å². The summed E-state index contributed by atoms with van der Waals surface area (Å²) in [7, 11) is 0. The van der Waals surface area contributed by atoms with Gasteiger partial charge in [0.25, 0.3) is 0 Å². The maximum absolute atomic E-state index is 12.8. The third-order valence-electron chi connectivity index (χ3n) is 4.78. The van der Waals surface area contributed by atoms with E-state index in [0.29, 0.717) is 12.3 Å². The van der Waals surface area contributed by atoms with Crippen molar-refractivity contribution in [2.75, 3.05) is 6.54 Å². The molecule has 0 saturated heterocycles. The number of hydrogen-bond donors (Lipinski definition) is 1. The fourth-order valence-electron chi connectivity index (χ4n) is 3.39. The molecule has 0 radical (unpaired) electrons. The predicted octanol–water partition coefficient (Wildman–Crippen LogP) is 3.55. The SMILES string of the molecule is CCCCCN(C(=O)C1CC(CC)CC1C(=O)O)C(C)C. The van der Waals surface area contributed by atoms with Crippen LogP contribution >= 0.6 is 0 Å². The molecule has 1 rings (SSSR count).